The molecule has 130 valence electrons. The van der Waals surface area contributed by atoms with E-state index in [4.69, 9.17) is 0 Å². The first-order chi connectivity index (χ1) is 11.5. The fraction of sp³-hybridized carbons (Fsp3) is 0.526. The molecule has 1 aliphatic rings. The van der Waals surface area contributed by atoms with Gasteiger partial charge in [0, 0.05) is 44.6 Å². The molecule has 1 saturated heterocycles. The van der Waals surface area contributed by atoms with E-state index < -0.39 is 6.10 Å². The number of thiazole rings is 1. The van der Waals surface area contributed by atoms with Crippen molar-refractivity contribution in [2.45, 2.75) is 33.4 Å². The van der Waals surface area contributed by atoms with Crippen molar-refractivity contribution in [1.29, 1.82) is 0 Å². The highest BCUT2D eigenvalue weighted by Gasteiger charge is 2.20. The van der Waals surface area contributed by atoms with Crippen LogP contribution in [0.5, 0.6) is 0 Å². The Bertz CT molecular complexity index is 657. The standard InChI is InChI=1S/C19H27N3OS/c1-14-8-15(2)10-17(9-14)19(23)12-22-6-4-21(5-7-22)11-18-13-24-16(3)20-18/h8-10,13,19,23H,4-7,11-12H2,1-3H3. The summed E-state index contributed by atoms with van der Waals surface area (Å²) in [6.45, 7) is 12.0. The minimum absolute atomic E-state index is 0.406. The van der Waals surface area contributed by atoms with E-state index in [1.165, 1.54) is 16.8 Å². The summed E-state index contributed by atoms with van der Waals surface area (Å²) in [6.07, 6.45) is -0.406. The Hall–Kier alpha value is -1.27. The summed E-state index contributed by atoms with van der Waals surface area (Å²) in [4.78, 5) is 9.37. The van der Waals surface area contributed by atoms with Gasteiger partial charge in [0.1, 0.15) is 0 Å². The largest absolute Gasteiger partial charge is 0.387 e. The molecule has 1 atom stereocenters. The zero-order chi connectivity index (χ0) is 17.1. The van der Waals surface area contributed by atoms with Gasteiger partial charge in [0.25, 0.3) is 0 Å². The lowest BCUT2D eigenvalue weighted by molar-refractivity contribution is 0.0697. The first-order valence-electron chi connectivity index (χ1n) is 8.61. The number of aliphatic hydroxyl groups excluding tert-OH is 1. The van der Waals surface area contributed by atoms with Crippen LogP contribution < -0.4 is 0 Å². The van der Waals surface area contributed by atoms with Gasteiger partial charge >= 0.3 is 0 Å². The molecule has 4 nitrogen and oxygen atoms in total. The third kappa shape index (κ3) is 4.63. The van der Waals surface area contributed by atoms with Crippen LogP contribution in [0.3, 0.4) is 0 Å². The molecule has 1 aromatic heterocycles. The molecule has 1 aromatic carbocycles. The molecule has 1 N–H and O–H groups in total. The Labute approximate surface area is 148 Å². The van der Waals surface area contributed by atoms with Crippen LogP contribution in [0.25, 0.3) is 0 Å². The topological polar surface area (TPSA) is 39.6 Å². The number of aryl methyl sites for hydroxylation is 3. The summed E-state index contributed by atoms with van der Waals surface area (Å²) in [6, 6.07) is 6.34. The van der Waals surface area contributed by atoms with Gasteiger partial charge in [0.2, 0.25) is 0 Å². The molecular formula is C19H27N3OS. The molecule has 2 heterocycles. The summed E-state index contributed by atoms with van der Waals surface area (Å²) >= 11 is 1.72. The molecule has 0 radical (unpaired) electrons. The van der Waals surface area contributed by atoms with E-state index in [-0.39, 0.29) is 0 Å². The molecule has 0 amide bonds. The first kappa shape index (κ1) is 17.5. The van der Waals surface area contributed by atoms with Gasteiger partial charge in [0.05, 0.1) is 16.8 Å². The second-order valence-corrected chi connectivity index (χ2v) is 7.93. The van der Waals surface area contributed by atoms with Gasteiger partial charge in [-0.3, -0.25) is 9.80 Å². The lowest BCUT2D eigenvalue weighted by atomic mass is 10.0. The van der Waals surface area contributed by atoms with Crippen LogP contribution in [0.15, 0.2) is 23.6 Å². The predicted molar refractivity (Wildman–Crippen MR) is 99.4 cm³/mol. The molecular weight excluding hydrogens is 318 g/mol. The monoisotopic (exact) mass is 345 g/mol. The molecule has 1 fully saturated rings. The molecule has 0 aliphatic carbocycles. The number of aliphatic hydroxyl groups is 1. The fourth-order valence-electron chi connectivity index (χ4n) is 3.39. The van der Waals surface area contributed by atoms with Crippen LogP contribution in [0.1, 0.15) is 33.5 Å². The maximum Gasteiger partial charge on any atom is 0.0917 e. The molecule has 1 aliphatic heterocycles. The second-order valence-electron chi connectivity index (χ2n) is 6.87. The highest BCUT2D eigenvalue weighted by atomic mass is 32.1. The van der Waals surface area contributed by atoms with Gasteiger partial charge in [0.15, 0.2) is 0 Å². The highest BCUT2D eigenvalue weighted by molar-refractivity contribution is 7.09. The van der Waals surface area contributed by atoms with E-state index in [9.17, 15) is 5.11 Å². The second kappa shape index (κ2) is 7.74. The van der Waals surface area contributed by atoms with Crippen molar-refractivity contribution in [3.8, 4) is 0 Å². The van der Waals surface area contributed by atoms with Gasteiger partial charge in [-0.1, -0.05) is 29.3 Å². The van der Waals surface area contributed by atoms with Crippen molar-refractivity contribution in [3.63, 3.8) is 0 Å². The van der Waals surface area contributed by atoms with Gasteiger partial charge in [-0.2, -0.15) is 0 Å². The van der Waals surface area contributed by atoms with Crippen molar-refractivity contribution >= 4 is 11.3 Å². The summed E-state index contributed by atoms with van der Waals surface area (Å²) in [5.74, 6) is 0. The fourth-order valence-corrected chi connectivity index (χ4v) is 4.00. The van der Waals surface area contributed by atoms with Crippen LogP contribution in [0.4, 0.5) is 0 Å². The van der Waals surface area contributed by atoms with E-state index in [1.54, 1.807) is 11.3 Å². The van der Waals surface area contributed by atoms with Crippen LogP contribution in [0, 0.1) is 20.8 Å². The first-order valence-corrected chi connectivity index (χ1v) is 9.49. The summed E-state index contributed by atoms with van der Waals surface area (Å²) in [5, 5.41) is 13.9. The van der Waals surface area contributed by atoms with Gasteiger partial charge < -0.3 is 5.11 Å². The van der Waals surface area contributed by atoms with E-state index in [2.05, 4.69) is 59.1 Å². The van der Waals surface area contributed by atoms with E-state index in [1.807, 2.05) is 0 Å². The predicted octanol–water partition coefficient (Wildman–Crippen LogP) is 2.92. The average Bonchev–Trinajstić information content (AvgIpc) is 2.93. The van der Waals surface area contributed by atoms with E-state index in [0.29, 0.717) is 6.54 Å². The van der Waals surface area contributed by atoms with Crippen molar-refractivity contribution in [3.05, 3.63) is 51.0 Å². The van der Waals surface area contributed by atoms with Crippen LogP contribution in [-0.4, -0.2) is 52.6 Å². The third-order valence-corrected chi connectivity index (χ3v) is 5.40. The normalized spacial score (nSPS) is 18.0. The Morgan fingerprint density at radius 3 is 2.25 bits per heavy atom. The average molecular weight is 346 g/mol. The minimum atomic E-state index is -0.406. The zero-order valence-electron chi connectivity index (χ0n) is 14.8. The molecule has 5 heteroatoms. The molecule has 24 heavy (non-hydrogen) atoms. The number of aromatic nitrogens is 1. The lowest BCUT2D eigenvalue weighted by Gasteiger charge is -2.35. The minimum Gasteiger partial charge on any atom is -0.387 e. The quantitative estimate of drug-likeness (QED) is 0.904. The number of nitrogens with zero attached hydrogens (tertiary/aromatic N) is 3. The van der Waals surface area contributed by atoms with E-state index >= 15 is 0 Å². The summed E-state index contributed by atoms with van der Waals surface area (Å²) in [5.41, 5.74) is 4.65. The molecule has 0 bridgehead atoms. The van der Waals surface area contributed by atoms with Crippen molar-refractivity contribution in [1.82, 2.24) is 14.8 Å². The number of benzene rings is 1. The van der Waals surface area contributed by atoms with Crippen molar-refractivity contribution in [2.24, 2.45) is 0 Å². The highest BCUT2D eigenvalue weighted by Crippen LogP contribution is 2.19. The van der Waals surface area contributed by atoms with Gasteiger partial charge in [-0.25, -0.2) is 4.98 Å². The van der Waals surface area contributed by atoms with E-state index in [0.717, 1.165) is 43.3 Å². The SMILES string of the molecule is Cc1cc(C)cc(C(O)CN2CCN(Cc3csc(C)n3)CC2)c1. The van der Waals surface area contributed by atoms with Crippen LogP contribution in [0.2, 0.25) is 0 Å². The number of hydrogen-bond donors (Lipinski definition) is 1. The maximum atomic E-state index is 10.6. The number of hydrogen-bond acceptors (Lipinski definition) is 5. The van der Waals surface area contributed by atoms with Gasteiger partial charge in [-0.05, 0) is 26.3 Å². The van der Waals surface area contributed by atoms with Gasteiger partial charge in [-0.15, -0.1) is 11.3 Å². The molecule has 2 aromatic rings. The zero-order valence-corrected chi connectivity index (χ0v) is 15.6. The van der Waals surface area contributed by atoms with Crippen molar-refractivity contribution < 1.29 is 5.11 Å². The van der Waals surface area contributed by atoms with Crippen LogP contribution >= 0.6 is 11.3 Å². The van der Waals surface area contributed by atoms with Crippen molar-refractivity contribution in [2.75, 3.05) is 32.7 Å². The third-order valence-electron chi connectivity index (χ3n) is 4.58. The Morgan fingerprint density at radius 2 is 1.67 bits per heavy atom. The van der Waals surface area contributed by atoms with Crippen LogP contribution in [-0.2, 0) is 6.54 Å². The maximum absolute atomic E-state index is 10.6. The lowest BCUT2D eigenvalue weighted by Crippen LogP contribution is -2.47. The number of rotatable bonds is 5. The molecule has 0 saturated carbocycles. The Balaban J connectivity index is 1.49. The molecule has 0 spiro atoms. The molecule has 3 rings (SSSR count). The summed E-state index contributed by atoms with van der Waals surface area (Å²) < 4.78 is 0. The molecule has 1 unspecified atom stereocenters. The summed E-state index contributed by atoms with van der Waals surface area (Å²) in [7, 11) is 0. The smallest absolute Gasteiger partial charge is 0.0917 e. The number of piperazine rings is 1. The Kier molecular flexibility index (Phi) is 5.66. The Morgan fingerprint density at radius 1 is 1.04 bits per heavy atom. The number of β-amino-alcohol motifs (C(OH)–C–C–N with tert-alkyl or cyclic N) is 1.